The molecule has 0 unspecified atom stereocenters. The molecule has 2 aliphatic heterocycles. The van der Waals surface area contributed by atoms with Gasteiger partial charge in [0.2, 0.25) is 0 Å². The fourth-order valence-corrected chi connectivity index (χ4v) is 3.00. The summed E-state index contributed by atoms with van der Waals surface area (Å²) in [6.07, 6.45) is 3.68. The number of ether oxygens (including phenoxy) is 1. The minimum Gasteiger partial charge on any atom is -0.450 e. The largest absolute Gasteiger partial charge is 0.450 e. The summed E-state index contributed by atoms with van der Waals surface area (Å²) in [6.45, 7) is 6.58. The minimum absolute atomic E-state index is 0.164. The van der Waals surface area contributed by atoms with Gasteiger partial charge in [0.05, 0.1) is 5.56 Å². The Morgan fingerprint density at radius 3 is 2.78 bits per heavy atom. The summed E-state index contributed by atoms with van der Waals surface area (Å²) in [5, 5.41) is 0. The van der Waals surface area contributed by atoms with Gasteiger partial charge >= 0.3 is 5.97 Å². The topological polar surface area (TPSA) is 29.5 Å². The van der Waals surface area contributed by atoms with Crippen LogP contribution in [-0.4, -0.2) is 30.5 Å². The molecule has 1 fully saturated rings. The third-order valence-electron chi connectivity index (χ3n) is 3.98. The van der Waals surface area contributed by atoms with Crippen LogP contribution in [0.2, 0.25) is 0 Å². The van der Waals surface area contributed by atoms with Gasteiger partial charge in [0.1, 0.15) is 5.60 Å². The summed E-state index contributed by atoms with van der Waals surface area (Å²) in [7, 11) is 0. The smallest absolute Gasteiger partial charge is 0.339 e. The SMILES string of the molecule is C=CCN1CCC2(CC1)OC(=O)c1ccccc12. The summed E-state index contributed by atoms with van der Waals surface area (Å²) >= 11 is 0. The number of esters is 1. The van der Waals surface area contributed by atoms with E-state index >= 15 is 0 Å². The number of piperidine rings is 1. The van der Waals surface area contributed by atoms with Crippen LogP contribution in [0.25, 0.3) is 0 Å². The third-order valence-corrected chi connectivity index (χ3v) is 3.98. The first kappa shape index (κ1) is 11.5. The summed E-state index contributed by atoms with van der Waals surface area (Å²) in [6, 6.07) is 7.77. The predicted molar refractivity (Wildman–Crippen MR) is 69.4 cm³/mol. The number of fused-ring (bicyclic) bond motifs is 2. The van der Waals surface area contributed by atoms with Crippen molar-refractivity contribution in [1.82, 2.24) is 4.90 Å². The molecule has 0 aromatic heterocycles. The Kier molecular flexibility index (Phi) is 2.71. The van der Waals surface area contributed by atoms with Crippen molar-refractivity contribution in [3.8, 4) is 0 Å². The van der Waals surface area contributed by atoms with Crippen molar-refractivity contribution in [2.24, 2.45) is 0 Å². The van der Waals surface area contributed by atoms with E-state index in [2.05, 4.69) is 11.5 Å². The molecule has 0 N–H and O–H groups in total. The van der Waals surface area contributed by atoms with Gasteiger partial charge in [0, 0.05) is 38.0 Å². The minimum atomic E-state index is -0.370. The molecule has 0 atom stereocenters. The molecule has 3 rings (SSSR count). The molecule has 1 saturated heterocycles. The van der Waals surface area contributed by atoms with Crippen molar-refractivity contribution in [2.45, 2.75) is 18.4 Å². The van der Waals surface area contributed by atoms with Gasteiger partial charge in [-0.25, -0.2) is 4.79 Å². The normalized spacial score (nSPS) is 21.7. The fourth-order valence-electron chi connectivity index (χ4n) is 3.00. The highest BCUT2D eigenvalue weighted by molar-refractivity contribution is 5.94. The van der Waals surface area contributed by atoms with Gasteiger partial charge < -0.3 is 4.74 Å². The second-order valence-corrected chi connectivity index (χ2v) is 5.02. The summed E-state index contributed by atoms with van der Waals surface area (Å²) in [5.74, 6) is -0.164. The van der Waals surface area contributed by atoms with E-state index in [0.29, 0.717) is 0 Å². The van der Waals surface area contributed by atoms with Gasteiger partial charge in [-0.05, 0) is 6.07 Å². The van der Waals surface area contributed by atoms with Gasteiger partial charge in [-0.3, -0.25) is 4.90 Å². The van der Waals surface area contributed by atoms with Crippen LogP contribution in [0.3, 0.4) is 0 Å². The first-order chi connectivity index (χ1) is 8.75. The van der Waals surface area contributed by atoms with Crippen LogP contribution in [0.15, 0.2) is 36.9 Å². The Hall–Kier alpha value is -1.61. The third kappa shape index (κ3) is 1.66. The van der Waals surface area contributed by atoms with Crippen molar-refractivity contribution < 1.29 is 9.53 Å². The van der Waals surface area contributed by atoms with E-state index in [1.54, 1.807) is 0 Å². The molecule has 1 aromatic carbocycles. The zero-order valence-corrected chi connectivity index (χ0v) is 10.4. The van der Waals surface area contributed by atoms with Crippen LogP contribution in [-0.2, 0) is 10.3 Å². The van der Waals surface area contributed by atoms with Crippen LogP contribution >= 0.6 is 0 Å². The van der Waals surface area contributed by atoms with Gasteiger partial charge in [-0.1, -0.05) is 24.3 Å². The van der Waals surface area contributed by atoms with Crippen LogP contribution in [0, 0.1) is 0 Å². The number of hydrogen-bond donors (Lipinski definition) is 0. The van der Waals surface area contributed by atoms with Crippen molar-refractivity contribution in [3.05, 3.63) is 48.0 Å². The Morgan fingerprint density at radius 2 is 2.06 bits per heavy atom. The van der Waals surface area contributed by atoms with E-state index < -0.39 is 0 Å². The Bertz CT molecular complexity index is 487. The van der Waals surface area contributed by atoms with Gasteiger partial charge in [0.25, 0.3) is 0 Å². The molecule has 0 amide bonds. The van der Waals surface area contributed by atoms with Crippen molar-refractivity contribution in [1.29, 1.82) is 0 Å². The molecule has 94 valence electrons. The number of carbonyl (C=O) groups is 1. The fraction of sp³-hybridized carbons (Fsp3) is 0.400. The van der Waals surface area contributed by atoms with Gasteiger partial charge in [-0.2, -0.15) is 0 Å². The van der Waals surface area contributed by atoms with E-state index in [1.165, 1.54) is 0 Å². The molecule has 3 nitrogen and oxygen atoms in total. The summed E-state index contributed by atoms with van der Waals surface area (Å²) in [5.41, 5.74) is 1.45. The summed E-state index contributed by atoms with van der Waals surface area (Å²) < 4.78 is 5.70. The number of nitrogens with zero attached hydrogens (tertiary/aromatic N) is 1. The maximum atomic E-state index is 11.9. The highest BCUT2D eigenvalue weighted by Crippen LogP contribution is 2.43. The van der Waals surface area contributed by atoms with E-state index in [4.69, 9.17) is 4.74 Å². The molecule has 0 radical (unpaired) electrons. The molecule has 1 spiro atoms. The molecule has 0 saturated carbocycles. The second kappa shape index (κ2) is 4.25. The average Bonchev–Trinajstić information content (AvgIpc) is 2.67. The Morgan fingerprint density at radius 1 is 1.33 bits per heavy atom. The van der Waals surface area contributed by atoms with Crippen LogP contribution in [0.5, 0.6) is 0 Å². The highest BCUT2D eigenvalue weighted by Gasteiger charge is 2.46. The van der Waals surface area contributed by atoms with Crippen molar-refractivity contribution in [2.75, 3.05) is 19.6 Å². The number of benzene rings is 1. The maximum Gasteiger partial charge on any atom is 0.339 e. The van der Waals surface area contributed by atoms with E-state index in [-0.39, 0.29) is 11.6 Å². The Labute approximate surface area is 107 Å². The van der Waals surface area contributed by atoms with Gasteiger partial charge in [-0.15, -0.1) is 6.58 Å². The maximum absolute atomic E-state index is 11.9. The Balaban J connectivity index is 1.86. The number of likely N-dealkylation sites (tertiary alicyclic amines) is 1. The average molecular weight is 243 g/mol. The standard InChI is InChI=1S/C15H17NO2/c1-2-9-16-10-7-15(8-11-16)13-6-4-3-5-12(13)14(17)18-15/h2-6H,1,7-11H2. The lowest BCUT2D eigenvalue weighted by Crippen LogP contribution is -2.42. The first-order valence-corrected chi connectivity index (χ1v) is 6.41. The number of hydrogen-bond acceptors (Lipinski definition) is 3. The first-order valence-electron chi connectivity index (χ1n) is 6.41. The molecule has 2 aliphatic rings. The molecule has 0 bridgehead atoms. The molecule has 0 aliphatic carbocycles. The molecule has 3 heteroatoms. The molecular weight excluding hydrogens is 226 g/mol. The quantitative estimate of drug-likeness (QED) is 0.590. The van der Waals surface area contributed by atoms with Crippen molar-refractivity contribution in [3.63, 3.8) is 0 Å². The molecule has 18 heavy (non-hydrogen) atoms. The second-order valence-electron chi connectivity index (χ2n) is 5.02. The van der Waals surface area contributed by atoms with Crippen molar-refractivity contribution >= 4 is 5.97 Å². The van der Waals surface area contributed by atoms with E-state index in [1.807, 2.05) is 30.3 Å². The molecular formula is C15H17NO2. The van der Waals surface area contributed by atoms with Crippen LogP contribution < -0.4 is 0 Å². The zero-order valence-electron chi connectivity index (χ0n) is 10.4. The zero-order chi connectivity index (χ0) is 12.6. The van der Waals surface area contributed by atoms with E-state index in [9.17, 15) is 4.79 Å². The molecule has 2 heterocycles. The highest BCUT2D eigenvalue weighted by atomic mass is 16.6. The lowest BCUT2D eigenvalue weighted by Gasteiger charge is -2.38. The van der Waals surface area contributed by atoms with E-state index in [0.717, 1.165) is 43.6 Å². The lowest BCUT2D eigenvalue weighted by atomic mass is 9.84. The molecule has 1 aromatic rings. The lowest BCUT2D eigenvalue weighted by molar-refractivity contribution is -0.0413. The van der Waals surface area contributed by atoms with Gasteiger partial charge in [0.15, 0.2) is 0 Å². The number of rotatable bonds is 2. The predicted octanol–water partition coefficient (Wildman–Crippen LogP) is 2.33. The van der Waals surface area contributed by atoms with Crippen LogP contribution in [0.4, 0.5) is 0 Å². The summed E-state index contributed by atoms with van der Waals surface area (Å²) in [4.78, 5) is 14.2. The van der Waals surface area contributed by atoms with Crippen LogP contribution in [0.1, 0.15) is 28.8 Å². The number of carbonyl (C=O) groups excluding carboxylic acids is 1. The monoisotopic (exact) mass is 243 g/mol.